The molecule has 1 aromatic heterocycles. The first-order valence-electron chi connectivity index (χ1n) is 7.06. The van der Waals surface area contributed by atoms with Crippen LogP contribution in [0.2, 0.25) is 0 Å². The molecule has 0 aliphatic heterocycles. The van der Waals surface area contributed by atoms with Crippen LogP contribution in [-0.2, 0) is 0 Å². The Balaban J connectivity index is 2.31. The second-order valence-corrected chi connectivity index (χ2v) is 5.18. The van der Waals surface area contributed by atoms with Gasteiger partial charge in [-0.05, 0) is 44.0 Å². The summed E-state index contributed by atoms with van der Waals surface area (Å²) in [6.07, 6.45) is 9.15. The van der Waals surface area contributed by atoms with Crippen molar-refractivity contribution < 1.29 is 4.74 Å². The van der Waals surface area contributed by atoms with Gasteiger partial charge in [-0.2, -0.15) is 0 Å². The van der Waals surface area contributed by atoms with Gasteiger partial charge in [0.05, 0.1) is 0 Å². The van der Waals surface area contributed by atoms with Gasteiger partial charge in [0.25, 0.3) is 0 Å². The molecule has 0 bridgehead atoms. The molecular weight excluding hydrogens is 274 g/mol. The third-order valence-corrected chi connectivity index (χ3v) is 3.40. The Bertz CT molecular complexity index is 781. The molecular formula is C19H19NO2. The largest absolute Gasteiger partial charge is 0.481 e. The molecule has 2 rings (SSSR count). The molecule has 22 heavy (non-hydrogen) atoms. The number of rotatable bonds is 4. The van der Waals surface area contributed by atoms with Gasteiger partial charge in [0.15, 0.2) is 5.43 Å². The summed E-state index contributed by atoms with van der Waals surface area (Å²) in [7, 11) is 0. The van der Waals surface area contributed by atoms with E-state index in [9.17, 15) is 4.79 Å². The van der Waals surface area contributed by atoms with E-state index in [-0.39, 0.29) is 12.0 Å². The Hall–Kier alpha value is -2.73. The van der Waals surface area contributed by atoms with E-state index in [1.807, 2.05) is 55.8 Å². The first-order chi connectivity index (χ1) is 10.5. The summed E-state index contributed by atoms with van der Waals surface area (Å²) >= 11 is 0. The van der Waals surface area contributed by atoms with Crippen LogP contribution in [0.1, 0.15) is 22.5 Å². The van der Waals surface area contributed by atoms with Crippen molar-refractivity contribution >= 4 is 12.3 Å². The summed E-state index contributed by atoms with van der Waals surface area (Å²) in [5.41, 5.74) is 3.88. The Labute approximate surface area is 130 Å². The van der Waals surface area contributed by atoms with Crippen LogP contribution in [0.5, 0.6) is 5.75 Å². The van der Waals surface area contributed by atoms with E-state index >= 15 is 0 Å². The maximum Gasteiger partial charge on any atom is 0.182 e. The van der Waals surface area contributed by atoms with Crippen molar-refractivity contribution in [1.29, 1.82) is 0 Å². The van der Waals surface area contributed by atoms with Crippen LogP contribution in [0, 0.1) is 33.1 Å². The molecule has 1 aromatic carbocycles. The second kappa shape index (κ2) is 6.82. The summed E-state index contributed by atoms with van der Waals surface area (Å²) in [5.74, 6) is 3.25. The number of hydrogen-bond acceptors (Lipinski definition) is 2. The van der Waals surface area contributed by atoms with Crippen molar-refractivity contribution in [3.63, 3.8) is 0 Å². The zero-order chi connectivity index (χ0) is 16.1. The van der Waals surface area contributed by atoms with E-state index in [1.165, 1.54) is 0 Å². The lowest BCUT2D eigenvalue weighted by atomic mass is 10.1. The molecule has 0 fully saturated rings. The predicted octanol–water partition coefficient (Wildman–Crippen LogP) is 3.41. The standard InChI is InChI=1S/C19H19NO2/c1-5-10-22-19-13-17(7-6-14(19)2)8-9-20-15(3)11-18(21)12-16(20)4/h1,6-9,11-13H,10H2,2-4H3/b9-8+. The summed E-state index contributed by atoms with van der Waals surface area (Å²) in [4.78, 5) is 11.5. The molecule has 0 saturated carbocycles. The van der Waals surface area contributed by atoms with Crippen molar-refractivity contribution in [3.8, 4) is 18.1 Å². The molecule has 0 unspecified atom stereocenters. The molecule has 0 amide bonds. The number of hydrogen-bond donors (Lipinski definition) is 0. The lowest BCUT2D eigenvalue weighted by Gasteiger charge is -2.10. The number of benzene rings is 1. The quantitative estimate of drug-likeness (QED) is 0.809. The van der Waals surface area contributed by atoms with Crippen LogP contribution in [0.4, 0.5) is 0 Å². The zero-order valence-corrected chi connectivity index (χ0v) is 13.1. The number of nitrogens with zero attached hydrogens (tertiary/aromatic N) is 1. The van der Waals surface area contributed by atoms with Crippen LogP contribution in [0.15, 0.2) is 35.1 Å². The molecule has 0 saturated heterocycles. The van der Waals surface area contributed by atoms with Gasteiger partial charge in [0.1, 0.15) is 12.4 Å². The van der Waals surface area contributed by atoms with Crippen LogP contribution in [0.25, 0.3) is 12.3 Å². The topological polar surface area (TPSA) is 31.2 Å². The smallest absolute Gasteiger partial charge is 0.182 e. The number of aryl methyl sites for hydroxylation is 3. The highest BCUT2D eigenvalue weighted by atomic mass is 16.5. The zero-order valence-electron chi connectivity index (χ0n) is 13.1. The van der Waals surface area contributed by atoms with Gasteiger partial charge < -0.3 is 9.30 Å². The van der Waals surface area contributed by atoms with Crippen LogP contribution < -0.4 is 10.2 Å². The number of pyridine rings is 1. The van der Waals surface area contributed by atoms with Gasteiger partial charge in [-0.1, -0.05) is 18.1 Å². The van der Waals surface area contributed by atoms with Gasteiger partial charge in [0, 0.05) is 29.7 Å². The van der Waals surface area contributed by atoms with Gasteiger partial charge in [-0.15, -0.1) is 6.42 Å². The Morgan fingerprint density at radius 3 is 2.50 bits per heavy atom. The molecule has 2 aromatic rings. The van der Waals surface area contributed by atoms with Crippen LogP contribution in [0.3, 0.4) is 0 Å². The number of terminal acetylenes is 1. The summed E-state index contributed by atoms with van der Waals surface area (Å²) in [6, 6.07) is 9.21. The van der Waals surface area contributed by atoms with E-state index in [1.54, 1.807) is 12.1 Å². The fourth-order valence-corrected chi connectivity index (χ4v) is 2.26. The first kappa shape index (κ1) is 15.7. The van der Waals surface area contributed by atoms with Crippen molar-refractivity contribution in [2.75, 3.05) is 6.61 Å². The van der Waals surface area contributed by atoms with Crippen molar-refractivity contribution in [3.05, 3.63) is 63.1 Å². The SMILES string of the molecule is C#CCOc1cc(/C=C/n2c(C)cc(=O)cc2C)ccc1C. The number of ether oxygens (including phenoxy) is 1. The van der Waals surface area contributed by atoms with E-state index in [2.05, 4.69) is 5.92 Å². The Kier molecular flexibility index (Phi) is 4.85. The molecule has 112 valence electrons. The minimum Gasteiger partial charge on any atom is -0.481 e. The molecule has 1 heterocycles. The van der Waals surface area contributed by atoms with Crippen LogP contribution >= 0.6 is 0 Å². The minimum atomic E-state index is 0.0277. The fraction of sp³-hybridized carbons (Fsp3) is 0.211. The fourth-order valence-electron chi connectivity index (χ4n) is 2.26. The maximum absolute atomic E-state index is 11.5. The third-order valence-electron chi connectivity index (χ3n) is 3.40. The van der Waals surface area contributed by atoms with Gasteiger partial charge >= 0.3 is 0 Å². The molecule has 0 spiro atoms. The predicted molar refractivity (Wildman–Crippen MR) is 90.9 cm³/mol. The summed E-state index contributed by atoms with van der Waals surface area (Å²) in [5, 5.41) is 0. The van der Waals surface area contributed by atoms with Gasteiger partial charge in [0.2, 0.25) is 0 Å². The van der Waals surface area contributed by atoms with Crippen molar-refractivity contribution in [2.24, 2.45) is 0 Å². The lowest BCUT2D eigenvalue weighted by Crippen LogP contribution is -2.08. The normalized spacial score (nSPS) is 10.6. The van der Waals surface area contributed by atoms with Crippen molar-refractivity contribution in [1.82, 2.24) is 4.57 Å². The third kappa shape index (κ3) is 3.67. The van der Waals surface area contributed by atoms with E-state index in [0.717, 1.165) is 28.3 Å². The highest BCUT2D eigenvalue weighted by Crippen LogP contribution is 2.20. The Morgan fingerprint density at radius 2 is 1.86 bits per heavy atom. The van der Waals surface area contributed by atoms with Crippen LogP contribution in [-0.4, -0.2) is 11.2 Å². The molecule has 0 N–H and O–H groups in total. The second-order valence-electron chi connectivity index (χ2n) is 5.18. The molecule has 3 nitrogen and oxygen atoms in total. The lowest BCUT2D eigenvalue weighted by molar-refractivity contribution is 0.367. The molecule has 0 aliphatic rings. The van der Waals surface area contributed by atoms with E-state index in [4.69, 9.17) is 11.2 Å². The molecule has 0 atom stereocenters. The monoisotopic (exact) mass is 293 g/mol. The summed E-state index contributed by atoms with van der Waals surface area (Å²) in [6.45, 7) is 6.06. The number of aromatic nitrogens is 1. The Morgan fingerprint density at radius 1 is 1.18 bits per heavy atom. The summed E-state index contributed by atoms with van der Waals surface area (Å²) < 4.78 is 7.50. The van der Waals surface area contributed by atoms with Crippen molar-refractivity contribution in [2.45, 2.75) is 20.8 Å². The van der Waals surface area contributed by atoms with Gasteiger partial charge in [-0.3, -0.25) is 4.79 Å². The average molecular weight is 293 g/mol. The maximum atomic E-state index is 11.5. The highest BCUT2D eigenvalue weighted by molar-refractivity contribution is 5.63. The highest BCUT2D eigenvalue weighted by Gasteiger charge is 2.01. The average Bonchev–Trinajstić information content (AvgIpc) is 2.46. The molecule has 0 radical (unpaired) electrons. The first-order valence-corrected chi connectivity index (χ1v) is 7.06. The minimum absolute atomic E-state index is 0.0277. The van der Waals surface area contributed by atoms with Gasteiger partial charge in [-0.25, -0.2) is 0 Å². The van der Waals surface area contributed by atoms with E-state index in [0.29, 0.717) is 0 Å². The molecule has 0 aliphatic carbocycles. The van der Waals surface area contributed by atoms with E-state index < -0.39 is 0 Å². The molecule has 3 heteroatoms.